The van der Waals surface area contributed by atoms with Gasteiger partial charge in [0.1, 0.15) is 0 Å². The van der Waals surface area contributed by atoms with Crippen LogP contribution in [0.4, 0.5) is 0 Å². The highest BCUT2D eigenvalue weighted by molar-refractivity contribution is 9.10. The molecule has 19 heavy (non-hydrogen) atoms. The van der Waals surface area contributed by atoms with Crippen molar-refractivity contribution < 1.29 is 9.53 Å². The average Bonchev–Trinajstić information content (AvgIpc) is 2.41. The van der Waals surface area contributed by atoms with Crippen molar-refractivity contribution in [2.24, 2.45) is 0 Å². The lowest BCUT2D eigenvalue weighted by Gasteiger charge is -2.08. The molecule has 0 bridgehead atoms. The quantitative estimate of drug-likeness (QED) is 0.782. The summed E-state index contributed by atoms with van der Waals surface area (Å²) in [6, 6.07) is 5.76. The number of methoxy groups -OCH3 is 1. The molecule has 0 fully saturated rings. The molecule has 1 aromatic carbocycles. The summed E-state index contributed by atoms with van der Waals surface area (Å²) in [5.41, 5.74) is 2.55. The van der Waals surface area contributed by atoms with Gasteiger partial charge in [0.15, 0.2) is 10.8 Å². The zero-order valence-electron chi connectivity index (χ0n) is 10.3. The molecule has 0 spiro atoms. The molecule has 4 nitrogen and oxygen atoms in total. The van der Waals surface area contributed by atoms with Crippen molar-refractivity contribution in [3.8, 4) is 11.3 Å². The van der Waals surface area contributed by atoms with Crippen molar-refractivity contribution in [3.05, 3.63) is 45.3 Å². The maximum atomic E-state index is 11.4. The number of aromatic nitrogens is 2. The number of carbonyl (C=O) groups is 1. The predicted molar refractivity (Wildman–Crippen MR) is 76.3 cm³/mol. The number of ether oxygens (including phenoxy) is 1. The highest BCUT2D eigenvalue weighted by Gasteiger charge is 2.16. The van der Waals surface area contributed by atoms with Crippen LogP contribution in [0.3, 0.4) is 0 Å². The molecular formula is C13H10BrClN2O2. The Morgan fingerprint density at radius 3 is 2.79 bits per heavy atom. The van der Waals surface area contributed by atoms with Crippen molar-refractivity contribution in [3.63, 3.8) is 0 Å². The molecule has 0 aliphatic carbocycles. The first-order valence-electron chi connectivity index (χ1n) is 5.41. The fourth-order valence-corrected chi connectivity index (χ4v) is 2.20. The third kappa shape index (κ3) is 2.77. The molecule has 0 atom stereocenters. The molecule has 0 radical (unpaired) electrons. The third-order valence-electron chi connectivity index (χ3n) is 2.65. The second kappa shape index (κ2) is 5.67. The summed E-state index contributed by atoms with van der Waals surface area (Å²) in [5, 5.41) is 0.0312. The molecule has 0 saturated carbocycles. The fourth-order valence-electron chi connectivity index (χ4n) is 1.61. The molecule has 2 aromatic rings. The molecule has 1 aromatic heterocycles. The van der Waals surface area contributed by atoms with E-state index in [1.54, 1.807) is 0 Å². The van der Waals surface area contributed by atoms with Crippen LogP contribution in [0.15, 0.2) is 28.9 Å². The van der Waals surface area contributed by atoms with Crippen molar-refractivity contribution in [1.29, 1.82) is 0 Å². The van der Waals surface area contributed by atoms with Gasteiger partial charge in [-0.05, 0) is 18.6 Å². The van der Waals surface area contributed by atoms with Gasteiger partial charge < -0.3 is 4.74 Å². The van der Waals surface area contributed by atoms with Gasteiger partial charge in [0, 0.05) is 10.0 Å². The average molecular weight is 342 g/mol. The minimum Gasteiger partial charge on any atom is -0.464 e. The zero-order valence-corrected chi connectivity index (χ0v) is 12.6. The largest absolute Gasteiger partial charge is 0.464 e. The van der Waals surface area contributed by atoms with E-state index in [0.717, 1.165) is 15.6 Å². The first-order valence-corrected chi connectivity index (χ1v) is 6.58. The Hall–Kier alpha value is -1.46. The lowest BCUT2D eigenvalue weighted by molar-refractivity contribution is 0.0594. The monoisotopic (exact) mass is 340 g/mol. The number of carbonyl (C=O) groups excluding carboxylic acids is 1. The predicted octanol–water partition coefficient (Wildman–Crippen LogP) is 3.65. The molecule has 0 amide bonds. The van der Waals surface area contributed by atoms with Gasteiger partial charge in [-0.25, -0.2) is 14.8 Å². The molecule has 0 aliphatic rings. The van der Waals surface area contributed by atoms with E-state index in [1.807, 2.05) is 25.1 Å². The lowest BCUT2D eigenvalue weighted by Crippen LogP contribution is -2.06. The maximum Gasteiger partial charge on any atom is 0.359 e. The van der Waals surface area contributed by atoms with E-state index in [4.69, 9.17) is 11.6 Å². The SMILES string of the molecule is COC(=O)c1ncc(-c2cccc(Br)c2C)nc1Cl. The number of halogens is 2. The van der Waals surface area contributed by atoms with Crippen molar-refractivity contribution in [1.82, 2.24) is 9.97 Å². The first kappa shape index (κ1) is 14.0. The Balaban J connectivity index is 2.51. The number of hydrogen-bond acceptors (Lipinski definition) is 4. The lowest BCUT2D eigenvalue weighted by atomic mass is 10.1. The Morgan fingerprint density at radius 2 is 2.16 bits per heavy atom. The molecule has 6 heteroatoms. The van der Waals surface area contributed by atoms with Crippen LogP contribution in [-0.4, -0.2) is 23.0 Å². The Labute approximate surface area is 123 Å². The van der Waals surface area contributed by atoms with E-state index < -0.39 is 5.97 Å². The van der Waals surface area contributed by atoms with Gasteiger partial charge >= 0.3 is 5.97 Å². The molecule has 0 unspecified atom stereocenters. The van der Waals surface area contributed by atoms with Crippen LogP contribution < -0.4 is 0 Å². The van der Waals surface area contributed by atoms with Gasteiger partial charge in [0.25, 0.3) is 0 Å². The number of nitrogens with zero attached hydrogens (tertiary/aromatic N) is 2. The van der Waals surface area contributed by atoms with E-state index in [9.17, 15) is 4.79 Å². The number of hydrogen-bond donors (Lipinski definition) is 0. The summed E-state index contributed by atoms with van der Waals surface area (Å²) in [6.07, 6.45) is 1.51. The minimum absolute atomic E-state index is 0.0144. The number of benzene rings is 1. The normalized spacial score (nSPS) is 10.3. The van der Waals surface area contributed by atoms with Gasteiger partial charge in [0.2, 0.25) is 0 Å². The van der Waals surface area contributed by atoms with E-state index in [2.05, 4.69) is 30.6 Å². The van der Waals surface area contributed by atoms with Crippen LogP contribution in [-0.2, 0) is 4.74 Å². The van der Waals surface area contributed by atoms with Crippen LogP contribution in [0.5, 0.6) is 0 Å². The molecule has 2 rings (SSSR count). The second-order valence-electron chi connectivity index (χ2n) is 3.80. The van der Waals surface area contributed by atoms with Gasteiger partial charge in [-0.15, -0.1) is 0 Å². The molecule has 0 aliphatic heterocycles. The van der Waals surface area contributed by atoms with Crippen LogP contribution in [0, 0.1) is 6.92 Å². The van der Waals surface area contributed by atoms with Gasteiger partial charge in [-0.1, -0.05) is 39.7 Å². The second-order valence-corrected chi connectivity index (χ2v) is 5.01. The summed E-state index contributed by atoms with van der Waals surface area (Å²) in [6.45, 7) is 1.96. The number of rotatable bonds is 2. The van der Waals surface area contributed by atoms with Crippen molar-refractivity contribution in [2.45, 2.75) is 6.92 Å². The van der Waals surface area contributed by atoms with E-state index >= 15 is 0 Å². The van der Waals surface area contributed by atoms with Gasteiger partial charge in [0.05, 0.1) is 19.0 Å². The summed E-state index contributed by atoms with van der Waals surface area (Å²) in [4.78, 5) is 19.6. The van der Waals surface area contributed by atoms with Crippen molar-refractivity contribution >= 4 is 33.5 Å². The van der Waals surface area contributed by atoms with E-state index in [1.165, 1.54) is 13.3 Å². The minimum atomic E-state index is -0.602. The fraction of sp³-hybridized carbons (Fsp3) is 0.154. The standard InChI is InChI=1S/C13H10BrClN2O2/c1-7-8(4-3-5-9(7)14)10-6-16-11(12(15)17-10)13(18)19-2/h3-6H,1-2H3. The van der Waals surface area contributed by atoms with Crippen LogP contribution in [0.25, 0.3) is 11.3 Å². The molecule has 98 valence electrons. The molecule has 1 heterocycles. The van der Waals surface area contributed by atoms with Gasteiger partial charge in [-0.2, -0.15) is 0 Å². The summed E-state index contributed by atoms with van der Waals surface area (Å²) in [5.74, 6) is -0.602. The maximum absolute atomic E-state index is 11.4. The number of esters is 1. The Bertz CT molecular complexity index is 647. The summed E-state index contributed by atoms with van der Waals surface area (Å²) >= 11 is 9.41. The highest BCUT2D eigenvalue weighted by atomic mass is 79.9. The van der Waals surface area contributed by atoms with Gasteiger partial charge in [-0.3, -0.25) is 0 Å². The molecule has 0 saturated heterocycles. The van der Waals surface area contributed by atoms with E-state index in [0.29, 0.717) is 5.69 Å². The Morgan fingerprint density at radius 1 is 1.42 bits per heavy atom. The van der Waals surface area contributed by atoms with E-state index in [-0.39, 0.29) is 10.8 Å². The molecular weight excluding hydrogens is 332 g/mol. The third-order valence-corrected chi connectivity index (χ3v) is 3.77. The molecule has 0 N–H and O–H groups in total. The smallest absolute Gasteiger partial charge is 0.359 e. The van der Waals surface area contributed by atoms with Crippen molar-refractivity contribution in [2.75, 3.05) is 7.11 Å². The zero-order chi connectivity index (χ0) is 14.0. The van der Waals surface area contributed by atoms with Crippen LogP contribution in [0.1, 0.15) is 16.1 Å². The first-order chi connectivity index (χ1) is 9.04. The van der Waals surface area contributed by atoms with Crippen LogP contribution in [0.2, 0.25) is 5.15 Å². The summed E-state index contributed by atoms with van der Waals surface area (Å²) in [7, 11) is 1.27. The summed E-state index contributed by atoms with van der Waals surface area (Å²) < 4.78 is 5.54. The highest BCUT2D eigenvalue weighted by Crippen LogP contribution is 2.28. The topological polar surface area (TPSA) is 52.1 Å². The van der Waals surface area contributed by atoms with Crippen LogP contribution >= 0.6 is 27.5 Å². The Kier molecular flexibility index (Phi) is 4.17.